The fourth-order valence-corrected chi connectivity index (χ4v) is 3.63. The van der Waals surface area contributed by atoms with Gasteiger partial charge in [0.25, 0.3) is 5.91 Å². The minimum Gasteiger partial charge on any atom is -0.481 e. The lowest BCUT2D eigenvalue weighted by Gasteiger charge is -2.36. The smallest absolute Gasteiger partial charge is 0.303 e. The molecule has 1 aromatic heterocycles. The number of carboxylic acid groups (broad SMARTS) is 1. The van der Waals surface area contributed by atoms with Gasteiger partial charge in [-0.2, -0.15) is 0 Å². The lowest BCUT2D eigenvalue weighted by Crippen LogP contribution is -2.40. The predicted molar refractivity (Wildman–Crippen MR) is 92.5 cm³/mol. The van der Waals surface area contributed by atoms with E-state index < -0.39 is 28.5 Å². The maximum Gasteiger partial charge on any atom is 0.303 e. The van der Waals surface area contributed by atoms with Crippen molar-refractivity contribution in [1.82, 2.24) is 5.32 Å². The molecule has 1 aliphatic carbocycles. The third kappa shape index (κ3) is 3.92. The Morgan fingerprint density at radius 2 is 1.92 bits per heavy atom. The zero-order valence-corrected chi connectivity index (χ0v) is 14.2. The van der Waals surface area contributed by atoms with Crippen LogP contribution in [-0.4, -0.2) is 23.5 Å². The van der Waals surface area contributed by atoms with Gasteiger partial charge >= 0.3 is 5.97 Å². The molecule has 1 amide bonds. The number of hydrogen-bond donors (Lipinski definition) is 2. The summed E-state index contributed by atoms with van der Waals surface area (Å²) in [6, 6.07) is 4.54. The Morgan fingerprint density at radius 1 is 1.19 bits per heavy atom. The molecule has 138 valence electrons. The van der Waals surface area contributed by atoms with E-state index in [1.54, 1.807) is 0 Å². The van der Waals surface area contributed by atoms with E-state index in [4.69, 9.17) is 4.42 Å². The standard InChI is InChI=1S/C19H20FNO5/c20-12-4-5-15-13(8-12)14(22)9-16(26-15)18(25)21-11-19(10-17(23)24)6-2-1-3-7-19/h4-5,8-9H,1-3,6-7,10-11H2,(H,21,25)(H,23,24). The van der Waals surface area contributed by atoms with Crippen LogP contribution in [0.15, 0.2) is 33.5 Å². The summed E-state index contributed by atoms with van der Waals surface area (Å²) in [5, 5.41) is 12.0. The van der Waals surface area contributed by atoms with Crippen molar-refractivity contribution in [2.75, 3.05) is 6.54 Å². The summed E-state index contributed by atoms with van der Waals surface area (Å²) in [4.78, 5) is 35.7. The van der Waals surface area contributed by atoms with Crippen molar-refractivity contribution in [3.63, 3.8) is 0 Å². The van der Waals surface area contributed by atoms with Gasteiger partial charge in [-0.1, -0.05) is 19.3 Å². The van der Waals surface area contributed by atoms with Gasteiger partial charge in [-0.15, -0.1) is 0 Å². The second-order valence-corrected chi connectivity index (χ2v) is 6.93. The molecule has 26 heavy (non-hydrogen) atoms. The fourth-order valence-electron chi connectivity index (χ4n) is 3.63. The van der Waals surface area contributed by atoms with Gasteiger partial charge in [0, 0.05) is 12.6 Å². The average Bonchev–Trinajstić information content (AvgIpc) is 2.60. The number of carboxylic acids is 1. The number of halogens is 1. The van der Waals surface area contributed by atoms with E-state index in [1.165, 1.54) is 6.07 Å². The molecule has 0 atom stereocenters. The molecule has 1 aliphatic rings. The minimum atomic E-state index is -0.889. The van der Waals surface area contributed by atoms with Gasteiger partial charge in [0.2, 0.25) is 0 Å². The molecule has 2 N–H and O–H groups in total. The van der Waals surface area contributed by atoms with Gasteiger partial charge in [0.05, 0.1) is 11.8 Å². The number of aliphatic carboxylic acids is 1. The highest BCUT2D eigenvalue weighted by molar-refractivity contribution is 5.93. The van der Waals surface area contributed by atoms with Crippen LogP contribution in [0.25, 0.3) is 11.0 Å². The predicted octanol–water partition coefficient (Wildman–Crippen LogP) is 3.09. The molecule has 1 heterocycles. The molecule has 0 unspecified atom stereocenters. The van der Waals surface area contributed by atoms with E-state index in [0.717, 1.165) is 50.3 Å². The van der Waals surface area contributed by atoms with Crippen molar-refractivity contribution in [2.45, 2.75) is 38.5 Å². The molecule has 0 saturated heterocycles. The Labute approximate surface area is 149 Å². The van der Waals surface area contributed by atoms with Gasteiger partial charge in [0.1, 0.15) is 11.4 Å². The number of carbonyl (C=O) groups is 2. The molecule has 7 heteroatoms. The molecule has 6 nitrogen and oxygen atoms in total. The number of benzene rings is 1. The summed E-state index contributed by atoms with van der Waals surface area (Å²) in [6.45, 7) is 0.212. The highest BCUT2D eigenvalue weighted by Gasteiger charge is 2.35. The summed E-state index contributed by atoms with van der Waals surface area (Å²) in [7, 11) is 0. The molecular weight excluding hydrogens is 341 g/mol. The second-order valence-electron chi connectivity index (χ2n) is 6.93. The highest BCUT2D eigenvalue weighted by Crippen LogP contribution is 2.38. The number of amides is 1. The van der Waals surface area contributed by atoms with Crippen molar-refractivity contribution in [3.05, 3.63) is 46.1 Å². The van der Waals surface area contributed by atoms with Crippen LogP contribution in [-0.2, 0) is 4.79 Å². The molecule has 1 fully saturated rings. The van der Waals surface area contributed by atoms with Gasteiger partial charge < -0.3 is 14.8 Å². The van der Waals surface area contributed by atoms with Crippen molar-refractivity contribution < 1.29 is 23.5 Å². The largest absolute Gasteiger partial charge is 0.481 e. The van der Waals surface area contributed by atoms with E-state index in [9.17, 15) is 23.9 Å². The molecule has 0 spiro atoms. The maximum atomic E-state index is 13.2. The first-order chi connectivity index (χ1) is 12.4. The van der Waals surface area contributed by atoms with Gasteiger partial charge in [-0.25, -0.2) is 4.39 Å². The molecule has 3 rings (SSSR count). The zero-order valence-electron chi connectivity index (χ0n) is 14.2. The molecule has 1 saturated carbocycles. The minimum absolute atomic E-state index is 0.00573. The Balaban J connectivity index is 1.79. The van der Waals surface area contributed by atoms with Crippen LogP contribution in [0.5, 0.6) is 0 Å². The Morgan fingerprint density at radius 3 is 2.62 bits per heavy atom. The molecule has 0 bridgehead atoms. The fraction of sp³-hybridized carbons (Fsp3) is 0.421. The first-order valence-electron chi connectivity index (χ1n) is 8.62. The summed E-state index contributed by atoms with van der Waals surface area (Å²) in [6.07, 6.45) is 4.39. The molecule has 1 aromatic carbocycles. The first-order valence-corrected chi connectivity index (χ1v) is 8.62. The third-order valence-corrected chi connectivity index (χ3v) is 4.98. The Kier molecular flexibility index (Phi) is 5.06. The van der Waals surface area contributed by atoms with Crippen LogP contribution >= 0.6 is 0 Å². The molecular formula is C19H20FNO5. The van der Waals surface area contributed by atoms with Crippen LogP contribution in [0.1, 0.15) is 49.1 Å². The van der Waals surface area contributed by atoms with Gasteiger partial charge in [-0.05, 0) is 36.5 Å². The summed E-state index contributed by atoms with van der Waals surface area (Å²) < 4.78 is 18.7. The van der Waals surface area contributed by atoms with Crippen molar-refractivity contribution in [2.24, 2.45) is 5.41 Å². The van der Waals surface area contributed by atoms with E-state index >= 15 is 0 Å². The topological polar surface area (TPSA) is 96.6 Å². The lowest BCUT2D eigenvalue weighted by atomic mass is 9.71. The lowest BCUT2D eigenvalue weighted by molar-refractivity contribution is -0.140. The van der Waals surface area contributed by atoms with E-state index in [1.807, 2.05) is 0 Å². The van der Waals surface area contributed by atoms with Crippen molar-refractivity contribution in [1.29, 1.82) is 0 Å². The molecule has 0 aliphatic heterocycles. The van der Waals surface area contributed by atoms with Crippen LogP contribution in [0.2, 0.25) is 0 Å². The average molecular weight is 361 g/mol. The zero-order chi connectivity index (χ0) is 18.7. The Hall–Kier alpha value is -2.70. The second kappa shape index (κ2) is 7.27. The SMILES string of the molecule is O=C(O)CC1(CNC(=O)c2cc(=O)c3cc(F)ccc3o2)CCCCC1. The highest BCUT2D eigenvalue weighted by atomic mass is 19.1. The van der Waals surface area contributed by atoms with E-state index in [2.05, 4.69) is 5.32 Å². The summed E-state index contributed by atoms with van der Waals surface area (Å²) in [5.41, 5.74) is -0.851. The maximum absolute atomic E-state index is 13.2. The number of nitrogens with one attached hydrogen (secondary N) is 1. The number of fused-ring (bicyclic) bond motifs is 1. The third-order valence-electron chi connectivity index (χ3n) is 4.98. The van der Waals surface area contributed by atoms with Gasteiger partial charge in [0.15, 0.2) is 11.2 Å². The summed E-state index contributed by atoms with van der Waals surface area (Å²) >= 11 is 0. The van der Waals surface area contributed by atoms with E-state index in [0.29, 0.717) is 0 Å². The molecule has 0 radical (unpaired) electrons. The quantitative estimate of drug-likeness (QED) is 0.853. The van der Waals surface area contributed by atoms with Crippen LogP contribution < -0.4 is 10.7 Å². The van der Waals surface area contributed by atoms with Crippen LogP contribution in [0.4, 0.5) is 4.39 Å². The van der Waals surface area contributed by atoms with Crippen molar-refractivity contribution in [3.8, 4) is 0 Å². The first kappa shape index (κ1) is 18.1. The van der Waals surface area contributed by atoms with E-state index in [-0.39, 0.29) is 29.7 Å². The van der Waals surface area contributed by atoms with Gasteiger partial charge in [-0.3, -0.25) is 14.4 Å². The summed E-state index contributed by atoms with van der Waals surface area (Å²) in [5.74, 6) is -2.20. The number of carbonyl (C=O) groups excluding carboxylic acids is 1. The number of rotatable bonds is 5. The number of hydrogen-bond acceptors (Lipinski definition) is 4. The van der Waals surface area contributed by atoms with Crippen LogP contribution in [0.3, 0.4) is 0 Å². The monoisotopic (exact) mass is 361 g/mol. The molecule has 2 aromatic rings. The van der Waals surface area contributed by atoms with Crippen molar-refractivity contribution >= 4 is 22.8 Å². The van der Waals surface area contributed by atoms with Crippen LogP contribution in [0, 0.1) is 11.2 Å². The normalized spacial score (nSPS) is 16.3. The Bertz CT molecular complexity index is 898.